The molecule has 1 aliphatic heterocycles. The molecule has 25 heavy (non-hydrogen) atoms. The number of anilines is 1. The number of hydrogen-bond donors (Lipinski definition) is 0. The quantitative estimate of drug-likeness (QED) is 0.695. The average molecular weight is 398 g/mol. The second kappa shape index (κ2) is 8.61. The molecule has 1 heterocycles. The first-order chi connectivity index (χ1) is 11.6. The number of fused-ring (bicyclic) bond motifs is 1. The summed E-state index contributed by atoms with van der Waals surface area (Å²) in [7, 11) is 3.75. The molecule has 1 aliphatic rings. The Morgan fingerprint density at radius 1 is 1.08 bits per heavy atom. The number of methoxy groups -OCH3 is 1. The lowest BCUT2D eigenvalue weighted by Gasteiger charge is -2.19. The number of likely N-dealkylation sites (N-methyl/N-ethyl adjacent to an activating group) is 1. The van der Waals surface area contributed by atoms with E-state index >= 15 is 0 Å². The summed E-state index contributed by atoms with van der Waals surface area (Å²) in [6.45, 7) is 1.61. The number of rotatable bonds is 3. The minimum Gasteiger partial charge on any atom is -0.497 e. The maximum Gasteiger partial charge on any atom is 0.120 e. The van der Waals surface area contributed by atoms with E-state index in [4.69, 9.17) is 32.9 Å². The first-order valence-corrected chi connectivity index (χ1v) is 8.41. The normalized spacial score (nSPS) is 13.8. The molecule has 0 amide bonds. The fourth-order valence-electron chi connectivity index (χ4n) is 2.63. The molecule has 0 unspecified atom stereocenters. The van der Waals surface area contributed by atoms with E-state index in [0.29, 0.717) is 10.0 Å². The Morgan fingerprint density at radius 2 is 1.88 bits per heavy atom. The molecule has 6 heteroatoms. The third kappa shape index (κ3) is 4.49. The van der Waals surface area contributed by atoms with Crippen molar-refractivity contribution in [2.75, 3.05) is 32.1 Å². The van der Waals surface area contributed by atoms with Crippen molar-refractivity contribution in [1.29, 1.82) is 0 Å². The summed E-state index contributed by atoms with van der Waals surface area (Å²) >= 11 is 12.0. The van der Waals surface area contributed by atoms with Gasteiger partial charge in [0.25, 0.3) is 0 Å². The van der Waals surface area contributed by atoms with E-state index in [1.54, 1.807) is 13.2 Å². The van der Waals surface area contributed by atoms with E-state index in [1.807, 2.05) is 42.5 Å². The zero-order valence-corrected chi connectivity index (χ0v) is 16.3. The lowest BCUT2D eigenvalue weighted by Crippen LogP contribution is -2.20. The number of aliphatic imine (C=N–C) groups is 1. The summed E-state index contributed by atoms with van der Waals surface area (Å²) in [5, 5.41) is 1.10. The summed E-state index contributed by atoms with van der Waals surface area (Å²) in [5.74, 6) is 0.843. The summed E-state index contributed by atoms with van der Waals surface area (Å²) in [4.78, 5) is 6.91. The molecule has 2 aromatic rings. The molecule has 2 aromatic carbocycles. The highest BCUT2D eigenvalue weighted by molar-refractivity contribution is 6.42. The topological polar surface area (TPSA) is 24.8 Å². The Kier molecular flexibility index (Phi) is 6.77. The largest absolute Gasteiger partial charge is 0.497 e. The Hall–Kier alpha value is -1.68. The summed E-state index contributed by atoms with van der Waals surface area (Å²) in [6, 6.07) is 11.6. The number of hydrogen-bond acceptors (Lipinski definition) is 3. The second-order valence-electron chi connectivity index (χ2n) is 5.58. The van der Waals surface area contributed by atoms with Gasteiger partial charge >= 0.3 is 0 Å². The van der Waals surface area contributed by atoms with Crippen LogP contribution in [-0.2, 0) is 0 Å². The Balaban J connectivity index is 0.00000225. The zero-order chi connectivity index (χ0) is 17.1. The van der Waals surface area contributed by atoms with Gasteiger partial charge in [-0.3, -0.25) is 4.99 Å². The van der Waals surface area contributed by atoms with Crippen molar-refractivity contribution in [3.8, 4) is 5.75 Å². The molecule has 0 saturated heterocycles. The van der Waals surface area contributed by atoms with Crippen molar-refractivity contribution >= 4 is 53.1 Å². The second-order valence-corrected chi connectivity index (χ2v) is 6.39. The van der Waals surface area contributed by atoms with Crippen LogP contribution in [0.5, 0.6) is 5.75 Å². The van der Waals surface area contributed by atoms with Gasteiger partial charge in [-0.2, -0.15) is 0 Å². The highest BCUT2D eigenvalue weighted by atomic mass is 35.5. The van der Waals surface area contributed by atoms with Crippen LogP contribution in [0, 0.1) is 0 Å². The first kappa shape index (κ1) is 19.6. The lowest BCUT2D eigenvalue weighted by molar-refractivity contribution is 0.415. The molecule has 0 spiro atoms. The lowest BCUT2D eigenvalue weighted by atomic mass is 10.1. The van der Waals surface area contributed by atoms with Crippen LogP contribution in [0.15, 0.2) is 47.5 Å². The van der Waals surface area contributed by atoms with Crippen LogP contribution in [-0.4, -0.2) is 33.0 Å². The van der Waals surface area contributed by atoms with Gasteiger partial charge in [-0.15, -0.1) is 12.4 Å². The Morgan fingerprint density at radius 3 is 2.60 bits per heavy atom. The van der Waals surface area contributed by atoms with Crippen LogP contribution in [0.1, 0.15) is 11.1 Å². The first-order valence-electron chi connectivity index (χ1n) is 7.65. The van der Waals surface area contributed by atoms with Crippen molar-refractivity contribution in [2.45, 2.75) is 0 Å². The monoisotopic (exact) mass is 396 g/mol. The van der Waals surface area contributed by atoms with E-state index in [-0.39, 0.29) is 12.4 Å². The van der Waals surface area contributed by atoms with Crippen LogP contribution >= 0.6 is 35.6 Å². The van der Waals surface area contributed by atoms with Crippen LogP contribution in [0.25, 0.3) is 6.08 Å². The maximum atomic E-state index is 6.08. The minimum absolute atomic E-state index is 0. The van der Waals surface area contributed by atoms with Crippen molar-refractivity contribution < 1.29 is 4.74 Å². The molecule has 132 valence electrons. The van der Waals surface area contributed by atoms with Gasteiger partial charge < -0.3 is 9.64 Å². The van der Waals surface area contributed by atoms with Gasteiger partial charge in [0.15, 0.2) is 0 Å². The van der Waals surface area contributed by atoms with E-state index in [9.17, 15) is 0 Å². The smallest absolute Gasteiger partial charge is 0.120 e. The van der Waals surface area contributed by atoms with Gasteiger partial charge in [0, 0.05) is 30.9 Å². The molecule has 0 saturated carbocycles. The summed E-state index contributed by atoms with van der Waals surface area (Å²) in [5.41, 5.74) is 4.14. The highest BCUT2D eigenvalue weighted by Gasteiger charge is 2.15. The van der Waals surface area contributed by atoms with Gasteiger partial charge in [-0.1, -0.05) is 35.3 Å². The molecule has 0 fully saturated rings. The predicted molar refractivity (Wildman–Crippen MR) is 110 cm³/mol. The Labute approximate surface area is 164 Å². The van der Waals surface area contributed by atoms with E-state index in [2.05, 4.69) is 11.9 Å². The minimum atomic E-state index is 0. The summed E-state index contributed by atoms with van der Waals surface area (Å²) in [6.07, 6.45) is 4.02. The van der Waals surface area contributed by atoms with Crippen LogP contribution < -0.4 is 9.64 Å². The van der Waals surface area contributed by atoms with E-state index < -0.39 is 0 Å². The molecule has 0 aliphatic carbocycles. The van der Waals surface area contributed by atoms with Gasteiger partial charge in [0.2, 0.25) is 0 Å². The van der Waals surface area contributed by atoms with Crippen molar-refractivity contribution in [1.82, 2.24) is 0 Å². The summed E-state index contributed by atoms with van der Waals surface area (Å²) < 4.78 is 5.35. The van der Waals surface area contributed by atoms with E-state index in [1.165, 1.54) is 0 Å². The average Bonchev–Trinajstić information content (AvgIpc) is 2.75. The van der Waals surface area contributed by atoms with E-state index in [0.717, 1.165) is 41.4 Å². The fraction of sp³-hybridized carbons (Fsp3) is 0.211. The number of benzene rings is 2. The molecular weight excluding hydrogens is 379 g/mol. The SMILES string of the molecule is COc1ccc2c(c1)N(C)CCN=C2C=Cc1ccc(Cl)c(Cl)c1.Cl. The number of nitrogens with zero attached hydrogens (tertiary/aromatic N) is 2. The van der Waals surface area contributed by atoms with Crippen molar-refractivity contribution in [3.05, 3.63) is 63.6 Å². The molecule has 0 bridgehead atoms. The third-order valence-electron chi connectivity index (χ3n) is 3.99. The van der Waals surface area contributed by atoms with Gasteiger partial charge in [-0.25, -0.2) is 0 Å². The molecular formula is C19H19Cl3N2O. The maximum absolute atomic E-state index is 6.08. The van der Waals surface area contributed by atoms with Crippen LogP contribution in [0.2, 0.25) is 10.0 Å². The molecule has 0 radical (unpaired) electrons. The molecule has 3 nitrogen and oxygen atoms in total. The third-order valence-corrected chi connectivity index (χ3v) is 4.73. The fourth-order valence-corrected chi connectivity index (χ4v) is 2.94. The predicted octanol–water partition coefficient (Wildman–Crippen LogP) is 5.38. The molecule has 0 atom stereocenters. The van der Waals surface area contributed by atoms with Gasteiger partial charge in [0.05, 0.1) is 29.4 Å². The molecule has 0 aromatic heterocycles. The van der Waals surface area contributed by atoms with Gasteiger partial charge in [0.1, 0.15) is 5.75 Å². The zero-order valence-electron chi connectivity index (χ0n) is 14.0. The Bertz CT molecular complexity index is 818. The number of allylic oxidation sites excluding steroid dienone is 1. The van der Waals surface area contributed by atoms with Crippen molar-refractivity contribution in [3.63, 3.8) is 0 Å². The number of benzodiazepines with no additional fused rings is 1. The molecule has 0 N–H and O–H groups in total. The van der Waals surface area contributed by atoms with Crippen molar-refractivity contribution in [2.24, 2.45) is 4.99 Å². The highest BCUT2D eigenvalue weighted by Crippen LogP contribution is 2.28. The van der Waals surface area contributed by atoms with Crippen LogP contribution in [0.3, 0.4) is 0 Å². The molecule has 3 rings (SSSR count). The standard InChI is InChI=1S/C19H18Cl2N2O.ClH/c1-23-10-9-22-18(15-6-5-14(24-2)12-19(15)23)8-4-13-3-7-16(20)17(21)11-13;/h3-8,11-12H,9-10H2,1-2H3;1H. The van der Waals surface area contributed by atoms with Gasteiger partial charge in [-0.05, 0) is 35.9 Å². The number of ether oxygens (including phenoxy) is 1. The van der Waals surface area contributed by atoms with Crippen LogP contribution in [0.4, 0.5) is 5.69 Å². The number of halogens is 3.